The van der Waals surface area contributed by atoms with Gasteiger partial charge in [0, 0.05) is 39.0 Å². The lowest BCUT2D eigenvalue weighted by atomic mass is 10.0. The molecule has 0 spiro atoms. The molecule has 1 aromatic rings. The molecule has 0 aromatic carbocycles. The normalized spacial score (nSPS) is 16.3. The van der Waals surface area contributed by atoms with Crippen LogP contribution in [0.1, 0.15) is 77.4 Å². The first-order valence-electron chi connectivity index (χ1n) is 10.5. The minimum atomic E-state index is 0.451. The quantitative estimate of drug-likeness (QED) is 0.402. The van der Waals surface area contributed by atoms with Gasteiger partial charge in [0.15, 0.2) is 5.96 Å². The van der Waals surface area contributed by atoms with E-state index in [0.29, 0.717) is 6.04 Å². The molecule has 1 aliphatic heterocycles. The van der Waals surface area contributed by atoms with Crippen molar-refractivity contribution in [3.05, 3.63) is 11.6 Å². The molecule has 6 nitrogen and oxygen atoms in total. The molecule has 0 aliphatic carbocycles. The number of guanidine groups is 1. The van der Waals surface area contributed by atoms with Gasteiger partial charge in [-0.25, -0.2) is 0 Å². The summed E-state index contributed by atoms with van der Waals surface area (Å²) in [6, 6.07) is 0.451. The van der Waals surface area contributed by atoms with E-state index in [2.05, 4.69) is 51.2 Å². The SMILES string of the molecule is CN=C(NCCCc1nnc2n1CCCCC2)NC(C)CCCC(C)C. The van der Waals surface area contributed by atoms with E-state index in [1.807, 2.05) is 7.05 Å². The van der Waals surface area contributed by atoms with E-state index in [4.69, 9.17) is 0 Å². The van der Waals surface area contributed by atoms with Crippen LogP contribution >= 0.6 is 0 Å². The molecule has 148 valence electrons. The van der Waals surface area contributed by atoms with Crippen LogP contribution in [0.25, 0.3) is 0 Å². The van der Waals surface area contributed by atoms with Crippen molar-refractivity contribution >= 4 is 5.96 Å². The molecular formula is C20H38N6. The zero-order valence-corrected chi connectivity index (χ0v) is 17.2. The standard InChI is InChI=1S/C20H38N6/c1-16(2)10-8-11-17(3)23-20(21-4)22-14-9-13-19-25-24-18-12-6-5-7-15-26(18)19/h16-17H,5-15H2,1-4H3,(H2,21,22,23). The highest BCUT2D eigenvalue weighted by Gasteiger charge is 2.14. The number of hydrogen-bond donors (Lipinski definition) is 2. The average Bonchev–Trinajstić information content (AvgIpc) is 2.84. The molecule has 1 unspecified atom stereocenters. The number of nitrogens with zero attached hydrogens (tertiary/aromatic N) is 4. The second kappa shape index (κ2) is 11.2. The Kier molecular flexibility index (Phi) is 8.92. The Labute approximate surface area is 159 Å². The number of aromatic nitrogens is 3. The number of hydrogen-bond acceptors (Lipinski definition) is 3. The smallest absolute Gasteiger partial charge is 0.191 e. The molecule has 0 saturated carbocycles. The fraction of sp³-hybridized carbons (Fsp3) is 0.850. The van der Waals surface area contributed by atoms with Gasteiger partial charge in [0.05, 0.1) is 0 Å². The van der Waals surface area contributed by atoms with Crippen LogP contribution in [0.5, 0.6) is 0 Å². The van der Waals surface area contributed by atoms with Gasteiger partial charge < -0.3 is 15.2 Å². The van der Waals surface area contributed by atoms with Crippen LogP contribution in [0.2, 0.25) is 0 Å². The minimum Gasteiger partial charge on any atom is -0.356 e. The van der Waals surface area contributed by atoms with Gasteiger partial charge in [-0.15, -0.1) is 10.2 Å². The molecular weight excluding hydrogens is 324 g/mol. The lowest BCUT2D eigenvalue weighted by Gasteiger charge is -2.18. The van der Waals surface area contributed by atoms with Crippen molar-refractivity contribution in [2.24, 2.45) is 10.9 Å². The van der Waals surface area contributed by atoms with Crippen LogP contribution in [0.4, 0.5) is 0 Å². The zero-order chi connectivity index (χ0) is 18.8. The van der Waals surface area contributed by atoms with E-state index in [1.54, 1.807) is 0 Å². The highest BCUT2D eigenvalue weighted by molar-refractivity contribution is 5.79. The van der Waals surface area contributed by atoms with Crippen molar-refractivity contribution in [2.45, 2.75) is 91.1 Å². The number of nitrogens with one attached hydrogen (secondary N) is 2. The Bertz CT molecular complexity index is 548. The third-order valence-electron chi connectivity index (χ3n) is 5.08. The number of aryl methyl sites for hydroxylation is 2. The minimum absolute atomic E-state index is 0.451. The molecule has 1 aliphatic rings. The van der Waals surface area contributed by atoms with Crippen molar-refractivity contribution < 1.29 is 0 Å². The number of rotatable bonds is 9. The van der Waals surface area contributed by atoms with Gasteiger partial charge in [-0.3, -0.25) is 4.99 Å². The summed E-state index contributed by atoms with van der Waals surface area (Å²) in [5, 5.41) is 15.7. The van der Waals surface area contributed by atoms with Crippen LogP contribution in [-0.4, -0.2) is 40.4 Å². The van der Waals surface area contributed by atoms with E-state index >= 15 is 0 Å². The third-order valence-corrected chi connectivity index (χ3v) is 5.08. The van der Waals surface area contributed by atoms with Crippen LogP contribution in [0.15, 0.2) is 4.99 Å². The third kappa shape index (κ3) is 6.96. The molecule has 26 heavy (non-hydrogen) atoms. The van der Waals surface area contributed by atoms with E-state index in [9.17, 15) is 0 Å². The summed E-state index contributed by atoms with van der Waals surface area (Å²) in [6.45, 7) is 8.79. The number of aliphatic imine (C=N–C) groups is 1. The summed E-state index contributed by atoms with van der Waals surface area (Å²) in [5.74, 6) is 4.01. The van der Waals surface area contributed by atoms with Crippen LogP contribution in [-0.2, 0) is 19.4 Å². The first-order valence-corrected chi connectivity index (χ1v) is 10.5. The van der Waals surface area contributed by atoms with Gasteiger partial charge in [-0.2, -0.15) is 0 Å². The van der Waals surface area contributed by atoms with Gasteiger partial charge in [0.1, 0.15) is 11.6 Å². The lowest BCUT2D eigenvalue weighted by Crippen LogP contribution is -2.42. The molecule has 1 aromatic heterocycles. The lowest BCUT2D eigenvalue weighted by molar-refractivity contribution is 0.491. The van der Waals surface area contributed by atoms with Gasteiger partial charge in [-0.1, -0.05) is 33.1 Å². The van der Waals surface area contributed by atoms with Crippen molar-refractivity contribution in [1.29, 1.82) is 0 Å². The fourth-order valence-corrected chi connectivity index (χ4v) is 3.52. The van der Waals surface area contributed by atoms with Crippen LogP contribution in [0, 0.1) is 5.92 Å². The fourth-order valence-electron chi connectivity index (χ4n) is 3.52. The summed E-state index contributed by atoms with van der Waals surface area (Å²) in [7, 11) is 1.84. The molecule has 6 heteroatoms. The highest BCUT2D eigenvalue weighted by atomic mass is 15.3. The second-order valence-corrected chi connectivity index (χ2v) is 7.97. The van der Waals surface area contributed by atoms with Gasteiger partial charge in [0.2, 0.25) is 0 Å². The Hall–Kier alpha value is -1.59. The maximum atomic E-state index is 4.41. The van der Waals surface area contributed by atoms with Crippen molar-refractivity contribution in [2.75, 3.05) is 13.6 Å². The molecule has 0 bridgehead atoms. The Balaban J connectivity index is 1.67. The molecule has 0 amide bonds. The van der Waals surface area contributed by atoms with Crippen molar-refractivity contribution in [3.63, 3.8) is 0 Å². The first kappa shape index (κ1) is 20.7. The summed E-state index contributed by atoms with van der Waals surface area (Å²) < 4.78 is 2.34. The molecule has 2 heterocycles. The maximum Gasteiger partial charge on any atom is 0.191 e. The second-order valence-electron chi connectivity index (χ2n) is 7.97. The monoisotopic (exact) mass is 362 g/mol. The van der Waals surface area contributed by atoms with E-state index in [1.165, 1.54) is 44.3 Å². The average molecular weight is 363 g/mol. The topological polar surface area (TPSA) is 67.1 Å². The summed E-state index contributed by atoms with van der Waals surface area (Å²) >= 11 is 0. The molecule has 0 saturated heterocycles. The maximum absolute atomic E-state index is 4.41. The van der Waals surface area contributed by atoms with E-state index in [0.717, 1.165) is 50.1 Å². The van der Waals surface area contributed by atoms with Gasteiger partial charge in [0.25, 0.3) is 0 Å². The van der Waals surface area contributed by atoms with Crippen LogP contribution < -0.4 is 10.6 Å². The Morgan fingerprint density at radius 2 is 1.96 bits per heavy atom. The number of fused-ring (bicyclic) bond motifs is 1. The van der Waals surface area contributed by atoms with Gasteiger partial charge in [-0.05, 0) is 38.5 Å². The molecule has 2 rings (SSSR count). The Morgan fingerprint density at radius 3 is 2.73 bits per heavy atom. The first-order chi connectivity index (χ1) is 12.6. The van der Waals surface area contributed by atoms with E-state index in [-0.39, 0.29) is 0 Å². The molecule has 0 radical (unpaired) electrons. The highest BCUT2D eigenvalue weighted by Crippen LogP contribution is 2.15. The van der Waals surface area contributed by atoms with Gasteiger partial charge >= 0.3 is 0 Å². The zero-order valence-electron chi connectivity index (χ0n) is 17.2. The van der Waals surface area contributed by atoms with Crippen LogP contribution in [0.3, 0.4) is 0 Å². The van der Waals surface area contributed by atoms with Crippen molar-refractivity contribution in [1.82, 2.24) is 25.4 Å². The largest absolute Gasteiger partial charge is 0.356 e. The predicted molar refractivity (Wildman–Crippen MR) is 109 cm³/mol. The van der Waals surface area contributed by atoms with E-state index < -0.39 is 0 Å². The summed E-state index contributed by atoms with van der Waals surface area (Å²) in [5.41, 5.74) is 0. The molecule has 2 N–H and O–H groups in total. The molecule has 0 fully saturated rings. The van der Waals surface area contributed by atoms with Crippen molar-refractivity contribution in [3.8, 4) is 0 Å². The summed E-state index contributed by atoms with van der Waals surface area (Å²) in [4.78, 5) is 4.35. The predicted octanol–water partition coefficient (Wildman–Crippen LogP) is 3.32. The Morgan fingerprint density at radius 1 is 1.12 bits per heavy atom. The molecule has 1 atom stereocenters. The summed E-state index contributed by atoms with van der Waals surface area (Å²) in [6.07, 6.45) is 10.6.